The average Bonchev–Trinajstić information content (AvgIpc) is 2.46. The number of alkyl carbamates (subject to hydrolysis) is 1. The largest absolute Gasteiger partial charge is 0.444 e. The van der Waals surface area contributed by atoms with Crippen LogP contribution in [0.5, 0.6) is 0 Å². The van der Waals surface area contributed by atoms with Crippen LogP contribution >= 0.6 is 0 Å². The molecule has 134 valence electrons. The van der Waals surface area contributed by atoms with Crippen LogP contribution in [0.4, 0.5) is 4.79 Å². The fraction of sp³-hybridized carbons (Fsp3) is 0.944. The maximum absolute atomic E-state index is 11.9. The average molecular weight is 326 g/mol. The van der Waals surface area contributed by atoms with Gasteiger partial charge in [-0.15, -0.1) is 0 Å². The molecule has 1 saturated carbocycles. The van der Waals surface area contributed by atoms with E-state index in [4.69, 9.17) is 9.47 Å². The number of hydrogen-bond donors (Lipinski definition) is 2. The van der Waals surface area contributed by atoms with Crippen molar-refractivity contribution in [1.82, 2.24) is 10.6 Å². The number of carbonyl (C=O) groups excluding carboxylic acids is 1. The molecule has 0 radical (unpaired) electrons. The Morgan fingerprint density at radius 1 is 1.13 bits per heavy atom. The van der Waals surface area contributed by atoms with Gasteiger partial charge in [-0.05, 0) is 72.1 Å². The first-order chi connectivity index (χ1) is 10.8. The summed E-state index contributed by atoms with van der Waals surface area (Å²) in [5.74, 6) is 0.711. The van der Waals surface area contributed by atoms with Crippen LogP contribution in [0, 0.1) is 5.92 Å². The zero-order valence-electron chi connectivity index (χ0n) is 15.2. The lowest BCUT2D eigenvalue weighted by Crippen LogP contribution is -2.49. The van der Waals surface area contributed by atoms with Crippen molar-refractivity contribution in [2.45, 2.75) is 89.9 Å². The minimum absolute atomic E-state index is 0.220. The van der Waals surface area contributed by atoms with Crippen molar-refractivity contribution >= 4 is 6.09 Å². The first-order valence-electron chi connectivity index (χ1n) is 9.17. The first-order valence-corrected chi connectivity index (χ1v) is 9.17. The Kier molecular flexibility index (Phi) is 6.72. The molecule has 23 heavy (non-hydrogen) atoms. The van der Waals surface area contributed by atoms with E-state index < -0.39 is 5.60 Å². The second kappa shape index (κ2) is 8.34. The lowest BCUT2D eigenvalue weighted by atomic mass is 9.88. The van der Waals surface area contributed by atoms with Gasteiger partial charge in [0.25, 0.3) is 0 Å². The van der Waals surface area contributed by atoms with Gasteiger partial charge in [-0.3, -0.25) is 0 Å². The number of amides is 1. The first kappa shape index (κ1) is 18.5. The molecule has 5 heteroatoms. The Morgan fingerprint density at radius 3 is 2.43 bits per heavy atom. The van der Waals surface area contributed by atoms with Crippen molar-refractivity contribution in [2.24, 2.45) is 5.92 Å². The van der Waals surface area contributed by atoms with E-state index in [0.29, 0.717) is 18.0 Å². The molecule has 2 N–H and O–H groups in total. The van der Waals surface area contributed by atoms with Crippen molar-refractivity contribution in [1.29, 1.82) is 0 Å². The monoisotopic (exact) mass is 326 g/mol. The third kappa shape index (κ3) is 6.68. The minimum atomic E-state index is -0.437. The van der Waals surface area contributed by atoms with E-state index in [1.54, 1.807) is 0 Å². The number of nitrogens with one attached hydrogen (secondary N) is 2. The van der Waals surface area contributed by atoms with E-state index in [-0.39, 0.29) is 12.1 Å². The summed E-state index contributed by atoms with van der Waals surface area (Å²) in [7, 11) is 0. The highest BCUT2D eigenvalue weighted by molar-refractivity contribution is 5.68. The molecule has 1 heterocycles. The highest BCUT2D eigenvalue weighted by Crippen LogP contribution is 2.23. The van der Waals surface area contributed by atoms with Gasteiger partial charge >= 0.3 is 6.09 Å². The van der Waals surface area contributed by atoms with E-state index in [0.717, 1.165) is 45.3 Å². The fourth-order valence-corrected chi connectivity index (χ4v) is 3.67. The molecule has 3 atom stereocenters. The summed E-state index contributed by atoms with van der Waals surface area (Å²) in [6, 6.07) is 1.23. The SMILES string of the molecule is CC(NC1CCCC(NC(=O)OC(C)(C)C)C1)C1CCOCC1. The molecule has 1 aliphatic heterocycles. The molecular formula is C18H34N2O3. The molecular weight excluding hydrogens is 292 g/mol. The zero-order chi connectivity index (χ0) is 16.9. The van der Waals surface area contributed by atoms with E-state index in [9.17, 15) is 4.79 Å². The molecule has 1 saturated heterocycles. The number of hydrogen-bond acceptors (Lipinski definition) is 4. The highest BCUT2D eigenvalue weighted by atomic mass is 16.6. The summed E-state index contributed by atoms with van der Waals surface area (Å²) >= 11 is 0. The van der Waals surface area contributed by atoms with E-state index in [1.165, 1.54) is 6.42 Å². The Bertz CT molecular complexity index is 375. The third-order valence-corrected chi connectivity index (χ3v) is 4.87. The van der Waals surface area contributed by atoms with Gasteiger partial charge in [0.1, 0.15) is 5.60 Å². The number of carbonyl (C=O) groups is 1. The van der Waals surface area contributed by atoms with Crippen LogP contribution in [-0.2, 0) is 9.47 Å². The molecule has 0 spiro atoms. The van der Waals surface area contributed by atoms with Gasteiger partial charge in [-0.2, -0.15) is 0 Å². The van der Waals surface area contributed by atoms with E-state index in [2.05, 4.69) is 17.6 Å². The Labute approximate surface area is 140 Å². The topological polar surface area (TPSA) is 59.6 Å². The van der Waals surface area contributed by atoms with Gasteiger partial charge in [-0.25, -0.2) is 4.79 Å². The molecule has 3 unspecified atom stereocenters. The van der Waals surface area contributed by atoms with Crippen molar-refractivity contribution < 1.29 is 14.3 Å². The molecule has 0 aromatic rings. The summed E-state index contributed by atoms with van der Waals surface area (Å²) < 4.78 is 10.8. The van der Waals surface area contributed by atoms with Crippen molar-refractivity contribution in [3.63, 3.8) is 0 Å². The maximum Gasteiger partial charge on any atom is 0.407 e. The van der Waals surface area contributed by atoms with Gasteiger partial charge in [-0.1, -0.05) is 0 Å². The molecule has 5 nitrogen and oxygen atoms in total. The summed E-state index contributed by atoms with van der Waals surface area (Å²) in [6.07, 6.45) is 6.40. The third-order valence-electron chi connectivity index (χ3n) is 4.87. The molecule has 1 amide bonds. The molecule has 2 fully saturated rings. The van der Waals surface area contributed by atoms with Crippen molar-refractivity contribution in [3.05, 3.63) is 0 Å². The summed E-state index contributed by atoms with van der Waals surface area (Å²) in [5, 5.41) is 6.83. The van der Waals surface area contributed by atoms with Gasteiger partial charge in [0.15, 0.2) is 0 Å². The van der Waals surface area contributed by atoms with E-state index in [1.807, 2.05) is 20.8 Å². The lowest BCUT2D eigenvalue weighted by molar-refractivity contribution is 0.0469. The summed E-state index contributed by atoms with van der Waals surface area (Å²) in [6.45, 7) is 9.77. The molecule has 0 aromatic carbocycles. The quantitative estimate of drug-likeness (QED) is 0.833. The molecule has 0 aromatic heterocycles. The van der Waals surface area contributed by atoms with E-state index >= 15 is 0 Å². The second-order valence-electron chi connectivity index (χ2n) is 8.11. The maximum atomic E-state index is 11.9. The zero-order valence-corrected chi connectivity index (χ0v) is 15.2. The Balaban J connectivity index is 1.75. The summed E-state index contributed by atoms with van der Waals surface area (Å²) in [5.41, 5.74) is -0.437. The van der Waals surface area contributed by atoms with Crippen molar-refractivity contribution in [3.8, 4) is 0 Å². The minimum Gasteiger partial charge on any atom is -0.444 e. The van der Waals surface area contributed by atoms with Crippen LogP contribution in [-0.4, -0.2) is 43.0 Å². The predicted molar refractivity (Wildman–Crippen MR) is 91.6 cm³/mol. The van der Waals surface area contributed by atoms with Crippen LogP contribution < -0.4 is 10.6 Å². The van der Waals surface area contributed by atoms with Gasteiger partial charge < -0.3 is 20.1 Å². The second-order valence-corrected chi connectivity index (χ2v) is 8.11. The number of ether oxygens (including phenoxy) is 2. The molecule has 2 rings (SSSR count). The molecule has 1 aliphatic carbocycles. The Morgan fingerprint density at radius 2 is 1.78 bits per heavy atom. The van der Waals surface area contributed by atoms with Gasteiger partial charge in [0.05, 0.1) is 0 Å². The number of rotatable bonds is 4. The van der Waals surface area contributed by atoms with Crippen LogP contribution in [0.25, 0.3) is 0 Å². The van der Waals surface area contributed by atoms with Crippen LogP contribution in [0.1, 0.15) is 66.2 Å². The van der Waals surface area contributed by atoms with Gasteiger partial charge in [0, 0.05) is 31.3 Å². The van der Waals surface area contributed by atoms with Crippen LogP contribution in [0.3, 0.4) is 0 Å². The molecule has 0 bridgehead atoms. The normalized spacial score (nSPS) is 28.2. The standard InChI is InChI=1S/C18H34N2O3/c1-13(14-8-10-22-11-9-14)19-15-6-5-7-16(12-15)20-17(21)23-18(2,3)4/h13-16,19H,5-12H2,1-4H3,(H,20,21). The van der Waals surface area contributed by atoms with Crippen molar-refractivity contribution in [2.75, 3.05) is 13.2 Å². The molecule has 2 aliphatic rings. The highest BCUT2D eigenvalue weighted by Gasteiger charge is 2.28. The predicted octanol–water partition coefficient (Wildman–Crippen LogP) is 3.23. The fourth-order valence-electron chi connectivity index (χ4n) is 3.67. The lowest BCUT2D eigenvalue weighted by Gasteiger charge is -2.36. The smallest absolute Gasteiger partial charge is 0.407 e. The Hall–Kier alpha value is -0.810. The van der Waals surface area contributed by atoms with Gasteiger partial charge in [0.2, 0.25) is 0 Å². The summed E-state index contributed by atoms with van der Waals surface area (Å²) in [4.78, 5) is 11.9. The van der Waals surface area contributed by atoms with Crippen LogP contribution in [0.2, 0.25) is 0 Å². The van der Waals surface area contributed by atoms with Crippen LogP contribution in [0.15, 0.2) is 0 Å².